The maximum Gasteiger partial charge on any atom is 0.391 e. The number of halogens is 4. The largest absolute Gasteiger partial charge is 0.481 e. The van der Waals surface area contributed by atoms with E-state index < -0.39 is 18.3 Å². The summed E-state index contributed by atoms with van der Waals surface area (Å²) in [7, 11) is 1.51. The topological polar surface area (TPSA) is 71.5 Å². The predicted octanol–water partition coefficient (Wildman–Crippen LogP) is 8.58. The number of aliphatic hydroxyl groups is 1. The molecular formula is C29H36ClF3N2O3S. The highest BCUT2D eigenvalue weighted by molar-refractivity contribution is 7.99. The number of carbonyl (C=O) groups excluding carboxylic acids is 1. The van der Waals surface area contributed by atoms with E-state index >= 15 is 0 Å². The lowest BCUT2D eigenvalue weighted by Gasteiger charge is -2.23. The highest BCUT2D eigenvalue weighted by Crippen LogP contribution is 2.37. The van der Waals surface area contributed by atoms with Crippen molar-refractivity contribution in [2.45, 2.75) is 70.2 Å². The number of pyridine rings is 1. The van der Waals surface area contributed by atoms with Crippen molar-refractivity contribution in [2.24, 2.45) is 5.92 Å². The molecule has 1 saturated carbocycles. The number of ether oxygens (including phenoxy) is 1. The van der Waals surface area contributed by atoms with E-state index in [1.165, 1.54) is 7.11 Å². The Kier molecular flexibility index (Phi) is 13.4. The summed E-state index contributed by atoms with van der Waals surface area (Å²) < 4.78 is 41.0. The van der Waals surface area contributed by atoms with Crippen molar-refractivity contribution in [3.8, 4) is 5.88 Å². The normalized spacial score (nSPS) is 14.4. The van der Waals surface area contributed by atoms with Gasteiger partial charge in [-0.05, 0) is 60.4 Å². The summed E-state index contributed by atoms with van der Waals surface area (Å²) >= 11 is 7.72. The smallest absolute Gasteiger partial charge is 0.391 e. The zero-order valence-electron chi connectivity index (χ0n) is 22.6. The van der Waals surface area contributed by atoms with Crippen LogP contribution in [0.3, 0.4) is 0 Å². The molecule has 2 N–H and O–H groups in total. The Bertz CT molecular complexity index is 1190. The second-order valence-electron chi connectivity index (χ2n) is 8.64. The molecule has 0 bridgehead atoms. The zero-order chi connectivity index (χ0) is 29.0. The first kappa shape index (κ1) is 32.7. The molecule has 0 saturated heterocycles. The Morgan fingerprint density at radius 3 is 2.31 bits per heavy atom. The second-order valence-corrected chi connectivity index (χ2v) is 10.4. The fourth-order valence-electron chi connectivity index (χ4n) is 4.13. The second kappa shape index (κ2) is 15.9. The molecule has 4 rings (SSSR count). The van der Waals surface area contributed by atoms with Crippen molar-refractivity contribution in [2.75, 3.05) is 12.9 Å². The van der Waals surface area contributed by atoms with Crippen LogP contribution in [0.25, 0.3) is 10.8 Å². The molecule has 3 aromatic rings. The van der Waals surface area contributed by atoms with E-state index in [1.54, 1.807) is 48.2 Å². The maximum absolute atomic E-state index is 12.5. The van der Waals surface area contributed by atoms with Gasteiger partial charge in [-0.25, -0.2) is 4.98 Å². The van der Waals surface area contributed by atoms with Gasteiger partial charge >= 0.3 is 6.18 Å². The third kappa shape index (κ3) is 9.89. The number of fused-ring (bicyclic) bond motifs is 1. The molecule has 0 spiro atoms. The van der Waals surface area contributed by atoms with Crippen LogP contribution in [0.15, 0.2) is 53.4 Å². The van der Waals surface area contributed by atoms with Crippen LogP contribution in [0.4, 0.5) is 13.2 Å². The molecule has 1 amide bonds. The first-order valence-electron chi connectivity index (χ1n) is 13.0. The van der Waals surface area contributed by atoms with Gasteiger partial charge in [-0.3, -0.25) is 4.79 Å². The van der Waals surface area contributed by atoms with E-state index in [1.807, 2.05) is 26.0 Å². The summed E-state index contributed by atoms with van der Waals surface area (Å²) in [5.41, 5.74) is 1.03. The fourth-order valence-corrected chi connectivity index (χ4v) is 4.98. The number of thioether (sulfide) groups is 1. The SMILES string of the molecule is CC.CCSc1ccc(C(O)NC(=O)c2ccc3c(OC)nc(Cl)cc3c2)cc1.FC(F)(F)C1CCCCC1. The lowest BCUT2D eigenvalue weighted by Crippen LogP contribution is -2.28. The molecule has 10 heteroatoms. The van der Waals surface area contributed by atoms with Crippen LogP contribution in [0, 0.1) is 5.92 Å². The summed E-state index contributed by atoms with van der Waals surface area (Å²) in [6, 6.07) is 14.2. The van der Waals surface area contributed by atoms with Gasteiger partial charge < -0.3 is 15.2 Å². The van der Waals surface area contributed by atoms with Crippen molar-refractivity contribution >= 4 is 40.0 Å². The maximum atomic E-state index is 12.5. The number of alkyl halides is 3. The van der Waals surface area contributed by atoms with Gasteiger partial charge in [-0.15, -0.1) is 11.8 Å². The minimum atomic E-state index is -3.93. The molecule has 1 unspecified atom stereocenters. The van der Waals surface area contributed by atoms with Crippen LogP contribution >= 0.6 is 23.4 Å². The molecule has 5 nitrogen and oxygen atoms in total. The molecule has 1 aliphatic carbocycles. The molecule has 1 atom stereocenters. The molecule has 39 heavy (non-hydrogen) atoms. The molecule has 1 aromatic heterocycles. The van der Waals surface area contributed by atoms with Crippen molar-refractivity contribution in [1.29, 1.82) is 0 Å². The van der Waals surface area contributed by atoms with Crippen LogP contribution in [0.2, 0.25) is 5.15 Å². The zero-order valence-corrected chi connectivity index (χ0v) is 24.2. The molecule has 214 valence electrons. The lowest BCUT2D eigenvalue weighted by atomic mass is 9.89. The number of methoxy groups -OCH3 is 1. The number of nitrogens with one attached hydrogen (secondary N) is 1. The monoisotopic (exact) mass is 584 g/mol. The van der Waals surface area contributed by atoms with Gasteiger partial charge in [0.1, 0.15) is 5.15 Å². The van der Waals surface area contributed by atoms with Gasteiger partial charge in [0.05, 0.1) is 13.0 Å². The summed E-state index contributed by atoms with van der Waals surface area (Å²) in [4.78, 5) is 17.7. The van der Waals surface area contributed by atoms with Crippen LogP contribution in [0.5, 0.6) is 5.88 Å². The molecule has 0 radical (unpaired) electrons. The van der Waals surface area contributed by atoms with E-state index in [0.29, 0.717) is 29.8 Å². The Hall–Kier alpha value is -2.49. The summed E-state index contributed by atoms with van der Waals surface area (Å²) in [6.45, 7) is 6.08. The number of benzene rings is 2. The molecule has 1 heterocycles. The van der Waals surface area contributed by atoms with Crippen LogP contribution in [0.1, 0.15) is 75.0 Å². The van der Waals surface area contributed by atoms with Gasteiger partial charge in [0, 0.05) is 21.4 Å². The Morgan fingerprint density at radius 2 is 1.77 bits per heavy atom. The minimum Gasteiger partial charge on any atom is -0.481 e. The number of hydrogen-bond donors (Lipinski definition) is 2. The number of aromatic nitrogens is 1. The Labute approximate surface area is 237 Å². The molecular weight excluding hydrogens is 549 g/mol. The van der Waals surface area contributed by atoms with E-state index in [9.17, 15) is 23.1 Å². The minimum absolute atomic E-state index is 0.280. The van der Waals surface area contributed by atoms with Crippen molar-refractivity contribution in [3.63, 3.8) is 0 Å². The van der Waals surface area contributed by atoms with Crippen molar-refractivity contribution in [1.82, 2.24) is 10.3 Å². The highest BCUT2D eigenvalue weighted by Gasteiger charge is 2.39. The highest BCUT2D eigenvalue weighted by atomic mass is 35.5. The lowest BCUT2D eigenvalue weighted by molar-refractivity contribution is -0.181. The Balaban J connectivity index is 0.000000372. The average Bonchev–Trinajstić information content (AvgIpc) is 2.94. The molecule has 1 aliphatic rings. The Morgan fingerprint density at radius 1 is 1.13 bits per heavy atom. The molecule has 1 fully saturated rings. The van der Waals surface area contributed by atoms with E-state index in [-0.39, 0.29) is 11.1 Å². The van der Waals surface area contributed by atoms with E-state index in [4.69, 9.17) is 16.3 Å². The number of rotatable bonds is 6. The third-order valence-electron chi connectivity index (χ3n) is 6.06. The van der Waals surface area contributed by atoms with Gasteiger partial charge in [-0.2, -0.15) is 13.2 Å². The third-order valence-corrected chi connectivity index (χ3v) is 7.15. The standard InChI is InChI=1S/C20H19ClN2O3S.C7H11F3.C2H6/c1-3-27-15-7-4-12(5-8-15)18(24)23-19(25)13-6-9-16-14(10-13)11-17(21)22-20(16)26-2;8-7(9,10)6-4-2-1-3-5-6;1-2/h4-11,18,24H,3H2,1-2H3,(H,23,25);6H,1-5H2;1-2H3. The number of nitrogens with zero attached hydrogens (tertiary/aromatic N) is 1. The quantitative estimate of drug-likeness (QED) is 0.172. The van der Waals surface area contributed by atoms with Gasteiger partial charge in [0.2, 0.25) is 5.88 Å². The first-order chi connectivity index (χ1) is 18.6. The van der Waals surface area contributed by atoms with Gasteiger partial charge in [0.25, 0.3) is 5.91 Å². The number of aliphatic hydroxyl groups excluding tert-OH is 1. The fraction of sp³-hybridized carbons (Fsp3) is 0.448. The number of hydrogen-bond acceptors (Lipinski definition) is 5. The van der Waals surface area contributed by atoms with Crippen molar-refractivity contribution < 1.29 is 27.8 Å². The number of carbonyl (C=O) groups is 1. The first-order valence-corrected chi connectivity index (χ1v) is 14.4. The average molecular weight is 585 g/mol. The van der Waals surface area contributed by atoms with Crippen LogP contribution in [-0.4, -0.2) is 35.0 Å². The van der Waals surface area contributed by atoms with Gasteiger partial charge in [-0.1, -0.05) is 63.8 Å². The van der Waals surface area contributed by atoms with E-state index in [2.05, 4.69) is 17.2 Å². The summed E-state index contributed by atoms with van der Waals surface area (Å²) in [5.74, 6) is -0.00985. The molecule has 0 aliphatic heterocycles. The van der Waals surface area contributed by atoms with Crippen LogP contribution in [-0.2, 0) is 0 Å². The molecule has 2 aromatic carbocycles. The van der Waals surface area contributed by atoms with Gasteiger partial charge in [0.15, 0.2) is 6.23 Å². The van der Waals surface area contributed by atoms with Crippen LogP contribution < -0.4 is 10.1 Å². The summed E-state index contributed by atoms with van der Waals surface area (Å²) in [5, 5.41) is 14.7. The van der Waals surface area contributed by atoms with E-state index in [0.717, 1.165) is 40.7 Å². The summed E-state index contributed by atoms with van der Waals surface area (Å²) in [6.07, 6.45) is -1.83. The predicted molar refractivity (Wildman–Crippen MR) is 153 cm³/mol. The number of amides is 1. The van der Waals surface area contributed by atoms with Crippen molar-refractivity contribution in [3.05, 3.63) is 64.8 Å².